The molecule has 3 rings (SSSR count). The first-order valence-corrected chi connectivity index (χ1v) is 9.52. The van der Waals surface area contributed by atoms with Crippen LogP contribution in [0.25, 0.3) is 0 Å². The van der Waals surface area contributed by atoms with E-state index in [2.05, 4.69) is 41.4 Å². The second-order valence-corrected chi connectivity index (χ2v) is 8.71. The van der Waals surface area contributed by atoms with Gasteiger partial charge < -0.3 is 5.32 Å². The zero-order valence-electron chi connectivity index (χ0n) is 12.5. The summed E-state index contributed by atoms with van der Waals surface area (Å²) < 4.78 is 24.1. The molecule has 21 heavy (non-hydrogen) atoms. The molecule has 3 unspecified atom stereocenters. The summed E-state index contributed by atoms with van der Waals surface area (Å²) in [6.07, 6.45) is 1.66. The molecule has 2 heterocycles. The fraction of sp³-hybridized carbons (Fsp3) is 0.625. The van der Waals surface area contributed by atoms with Crippen LogP contribution in [0.2, 0.25) is 0 Å². The highest BCUT2D eigenvalue weighted by molar-refractivity contribution is 7.92. The number of hydrogen-bond donors (Lipinski definition) is 1. The SMILES string of the molecule is CC1CNC(c2ccccc2)CN1CC1CCCS1(=O)=O. The van der Waals surface area contributed by atoms with E-state index in [0.29, 0.717) is 24.4 Å². The van der Waals surface area contributed by atoms with Crippen molar-refractivity contribution in [1.82, 2.24) is 10.2 Å². The molecule has 0 saturated carbocycles. The molecule has 0 spiro atoms. The number of piperazine rings is 1. The third-order valence-electron chi connectivity index (χ3n) is 4.80. The molecule has 116 valence electrons. The Labute approximate surface area is 127 Å². The summed E-state index contributed by atoms with van der Waals surface area (Å²) in [5.74, 6) is 0.375. The number of hydrogen-bond acceptors (Lipinski definition) is 4. The van der Waals surface area contributed by atoms with Gasteiger partial charge >= 0.3 is 0 Å². The van der Waals surface area contributed by atoms with E-state index in [9.17, 15) is 8.42 Å². The molecule has 2 aliphatic rings. The van der Waals surface area contributed by atoms with Gasteiger partial charge in [0.05, 0.1) is 11.0 Å². The van der Waals surface area contributed by atoms with E-state index in [-0.39, 0.29) is 5.25 Å². The normalized spacial score (nSPS) is 33.1. The molecule has 2 fully saturated rings. The summed E-state index contributed by atoms with van der Waals surface area (Å²) >= 11 is 0. The molecule has 2 saturated heterocycles. The van der Waals surface area contributed by atoms with Crippen LogP contribution in [-0.4, -0.2) is 50.0 Å². The molecule has 0 radical (unpaired) electrons. The van der Waals surface area contributed by atoms with Gasteiger partial charge in [-0.3, -0.25) is 4.90 Å². The third kappa shape index (κ3) is 3.30. The molecule has 0 aliphatic carbocycles. The molecule has 0 aromatic heterocycles. The molecule has 3 atom stereocenters. The second kappa shape index (κ2) is 6.07. The van der Waals surface area contributed by atoms with Crippen LogP contribution in [0.3, 0.4) is 0 Å². The van der Waals surface area contributed by atoms with Crippen molar-refractivity contribution in [2.75, 3.05) is 25.4 Å². The Bertz CT molecular complexity index is 573. The van der Waals surface area contributed by atoms with Crippen LogP contribution < -0.4 is 5.32 Å². The zero-order chi connectivity index (χ0) is 14.9. The molecule has 1 aromatic carbocycles. The summed E-state index contributed by atoms with van der Waals surface area (Å²) in [6.45, 7) is 4.66. The summed E-state index contributed by atoms with van der Waals surface area (Å²) in [5, 5.41) is 3.41. The standard InChI is InChI=1S/C16H24N2O2S/c1-13-10-17-16(14-6-3-2-4-7-14)12-18(13)11-15-8-5-9-21(15,19)20/h2-4,6-7,13,15-17H,5,8-12H2,1H3. The molecule has 1 aromatic rings. The fourth-order valence-electron chi connectivity index (χ4n) is 3.41. The van der Waals surface area contributed by atoms with Crippen molar-refractivity contribution < 1.29 is 8.42 Å². The van der Waals surface area contributed by atoms with Gasteiger partial charge in [-0.25, -0.2) is 8.42 Å². The molecular weight excluding hydrogens is 284 g/mol. The van der Waals surface area contributed by atoms with Crippen molar-refractivity contribution in [3.8, 4) is 0 Å². The van der Waals surface area contributed by atoms with E-state index in [0.717, 1.165) is 25.9 Å². The Kier molecular flexibility index (Phi) is 4.33. The predicted octanol–water partition coefficient (Wildman–Crippen LogP) is 1.60. The lowest BCUT2D eigenvalue weighted by atomic mass is 10.0. The van der Waals surface area contributed by atoms with Gasteiger partial charge in [0.25, 0.3) is 0 Å². The molecule has 5 heteroatoms. The van der Waals surface area contributed by atoms with Gasteiger partial charge in [0, 0.05) is 31.7 Å². The molecule has 4 nitrogen and oxygen atoms in total. The second-order valence-electron chi connectivity index (χ2n) is 6.31. The topological polar surface area (TPSA) is 49.4 Å². The first-order valence-electron chi connectivity index (χ1n) is 7.80. The lowest BCUT2D eigenvalue weighted by molar-refractivity contribution is 0.140. The third-order valence-corrected chi connectivity index (χ3v) is 7.06. The van der Waals surface area contributed by atoms with Gasteiger partial charge in [-0.2, -0.15) is 0 Å². The van der Waals surface area contributed by atoms with Gasteiger partial charge in [-0.05, 0) is 25.3 Å². The van der Waals surface area contributed by atoms with Gasteiger partial charge in [-0.15, -0.1) is 0 Å². The summed E-state index contributed by atoms with van der Waals surface area (Å²) in [7, 11) is -2.85. The average Bonchev–Trinajstić information content (AvgIpc) is 2.81. The van der Waals surface area contributed by atoms with Crippen LogP contribution in [-0.2, 0) is 9.84 Å². The highest BCUT2D eigenvalue weighted by Crippen LogP contribution is 2.25. The number of sulfone groups is 1. The van der Waals surface area contributed by atoms with E-state index >= 15 is 0 Å². The van der Waals surface area contributed by atoms with Crippen molar-refractivity contribution in [2.24, 2.45) is 0 Å². The summed E-state index contributed by atoms with van der Waals surface area (Å²) in [5.41, 5.74) is 1.28. The Balaban J connectivity index is 1.69. The first-order chi connectivity index (χ1) is 10.1. The van der Waals surface area contributed by atoms with E-state index in [1.54, 1.807) is 0 Å². The van der Waals surface area contributed by atoms with Crippen LogP contribution >= 0.6 is 0 Å². The minimum Gasteiger partial charge on any atom is -0.307 e. The van der Waals surface area contributed by atoms with Gasteiger partial charge in [-0.1, -0.05) is 30.3 Å². The highest BCUT2D eigenvalue weighted by Gasteiger charge is 2.35. The Morgan fingerprint density at radius 2 is 2.05 bits per heavy atom. The van der Waals surface area contributed by atoms with E-state index < -0.39 is 9.84 Å². The zero-order valence-corrected chi connectivity index (χ0v) is 13.3. The Morgan fingerprint density at radius 3 is 2.71 bits per heavy atom. The van der Waals surface area contributed by atoms with Gasteiger partial charge in [0.1, 0.15) is 0 Å². The maximum atomic E-state index is 12.1. The van der Waals surface area contributed by atoms with Crippen molar-refractivity contribution in [3.63, 3.8) is 0 Å². The molecular formula is C16H24N2O2S. The minimum absolute atomic E-state index is 0.158. The molecule has 0 amide bonds. The van der Waals surface area contributed by atoms with Crippen LogP contribution in [0, 0.1) is 0 Å². The Hall–Kier alpha value is -0.910. The number of benzene rings is 1. The smallest absolute Gasteiger partial charge is 0.154 e. The maximum Gasteiger partial charge on any atom is 0.154 e. The largest absolute Gasteiger partial charge is 0.307 e. The van der Waals surface area contributed by atoms with Gasteiger partial charge in [0.15, 0.2) is 9.84 Å². The van der Waals surface area contributed by atoms with E-state index in [1.807, 2.05) is 6.07 Å². The average molecular weight is 308 g/mol. The fourth-order valence-corrected chi connectivity index (χ4v) is 5.26. The number of rotatable bonds is 3. The van der Waals surface area contributed by atoms with Crippen molar-refractivity contribution in [2.45, 2.75) is 37.1 Å². The monoisotopic (exact) mass is 308 g/mol. The van der Waals surface area contributed by atoms with E-state index in [1.165, 1.54) is 5.56 Å². The van der Waals surface area contributed by atoms with Crippen molar-refractivity contribution in [3.05, 3.63) is 35.9 Å². The molecule has 0 bridgehead atoms. The minimum atomic E-state index is -2.85. The van der Waals surface area contributed by atoms with Crippen molar-refractivity contribution >= 4 is 9.84 Å². The van der Waals surface area contributed by atoms with Crippen LogP contribution in [0.1, 0.15) is 31.4 Å². The summed E-state index contributed by atoms with van der Waals surface area (Å²) in [4.78, 5) is 2.35. The lowest BCUT2D eigenvalue weighted by Crippen LogP contribution is -2.53. The first kappa shape index (κ1) is 15.0. The highest BCUT2D eigenvalue weighted by atomic mass is 32.2. The molecule has 2 aliphatic heterocycles. The van der Waals surface area contributed by atoms with Gasteiger partial charge in [0.2, 0.25) is 0 Å². The number of nitrogens with one attached hydrogen (secondary N) is 1. The molecule has 1 N–H and O–H groups in total. The number of nitrogens with zero attached hydrogens (tertiary/aromatic N) is 1. The quantitative estimate of drug-likeness (QED) is 0.921. The summed E-state index contributed by atoms with van der Waals surface area (Å²) in [6, 6.07) is 11.1. The van der Waals surface area contributed by atoms with Crippen LogP contribution in [0.5, 0.6) is 0 Å². The maximum absolute atomic E-state index is 12.1. The lowest BCUT2D eigenvalue weighted by Gasteiger charge is -2.40. The van der Waals surface area contributed by atoms with E-state index in [4.69, 9.17) is 0 Å². The van der Waals surface area contributed by atoms with Crippen LogP contribution in [0.4, 0.5) is 0 Å². The van der Waals surface area contributed by atoms with Crippen molar-refractivity contribution in [1.29, 1.82) is 0 Å². The Morgan fingerprint density at radius 1 is 1.29 bits per heavy atom. The van der Waals surface area contributed by atoms with Crippen LogP contribution in [0.15, 0.2) is 30.3 Å². The predicted molar refractivity (Wildman–Crippen MR) is 85.0 cm³/mol.